The van der Waals surface area contributed by atoms with E-state index in [0.717, 1.165) is 11.1 Å². The Morgan fingerprint density at radius 1 is 1.38 bits per heavy atom. The topological polar surface area (TPSA) is 68.3 Å². The van der Waals surface area contributed by atoms with E-state index in [9.17, 15) is 4.79 Å². The van der Waals surface area contributed by atoms with E-state index < -0.39 is 5.91 Å². The number of halogens is 1. The molecular weight excluding hydrogens is 308 g/mol. The zero-order chi connectivity index (χ0) is 15.4. The first-order valence-corrected chi connectivity index (χ1v) is 6.90. The molecule has 0 aliphatic rings. The Morgan fingerprint density at radius 2 is 2.14 bits per heavy atom. The van der Waals surface area contributed by atoms with Crippen molar-refractivity contribution in [3.8, 4) is 11.3 Å². The number of rotatable bonds is 3. The SMILES string of the molecule is Cc1c(Cl)cccc1-c1ccc(/C=C/C(=O)NC(N)=S)o1. The van der Waals surface area contributed by atoms with Gasteiger partial charge in [-0.05, 0) is 49.0 Å². The molecule has 0 saturated heterocycles. The summed E-state index contributed by atoms with van der Waals surface area (Å²) in [5, 5.41) is 2.90. The summed E-state index contributed by atoms with van der Waals surface area (Å²) in [6.07, 6.45) is 2.84. The summed E-state index contributed by atoms with van der Waals surface area (Å²) in [5.74, 6) is 0.825. The summed E-state index contributed by atoms with van der Waals surface area (Å²) < 4.78 is 5.67. The smallest absolute Gasteiger partial charge is 0.250 e. The molecule has 1 aromatic heterocycles. The molecule has 2 aromatic rings. The second-order valence-electron chi connectivity index (χ2n) is 4.30. The van der Waals surface area contributed by atoms with E-state index in [0.29, 0.717) is 16.5 Å². The predicted octanol–water partition coefficient (Wildman–Crippen LogP) is 3.28. The van der Waals surface area contributed by atoms with E-state index in [1.807, 2.05) is 31.2 Å². The molecule has 0 saturated carbocycles. The van der Waals surface area contributed by atoms with Crippen molar-refractivity contribution in [3.05, 3.63) is 52.8 Å². The molecule has 0 aliphatic heterocycles. The number of carbonyl (C=O) groups excluding carboxylic acids is 1. The number of amides is 1. The van der Waals surface area contributed by atoms with Crippen LogP contribution in [-0.2, 0) is 4.79 Å². The van der Waals surface area contributed by atoms with Crippen LogP contribution in [0, 0.1) is 6.92 Å². The summed E-state index contributed by atoms with van der Waals surface area (Å²) in [5.41, 5.74) is 7.05. The van der Waals surface area contributed by atoms with Crippen LogP contribution in [0.15, 0.2) is 40.8 Å². The van der Waals surface area contributed by atoms with Gasteiger partial charge in [0.15, 0.2) is 5.11 Å². The van der Waals surface area contributed by atoms with Crippen molar-refractivity contribution >= 4 is 40.9 Å². The number of benzene rings is 1. The zero-order valence-electron chi connectivity index (χ0n) is 11.2. The van der Waals surface area contributed by atoms with Gasteiger partial charge in [-0.15, -0.1) is 0 Å². The number of thiocarbonyl (C=S) groups is 1. The van der Waals surface area contributed by atoms with E-state index in [-0.39, 0.29) is 5.11 Å². The standard InChI is InChI=1S/C15H13ClN2O2S/c1-9-11(3-2-4-12(9)16)13-7-5-10(20-13)6-8-14(19)18-15(17)21/h2-8H,1H3,(H3,17,18,19,21)/b8-6+. The van der Waals surface area contributed by atoms with Crippen LogP contribution >= 0.6 is 23.8 Å². The average molecular weight is 321 g/mol. The maximum atomic E-state index is 11.4. The Balaban J connectivity index is 2.19. The van der Waals surface area contributed by atoms with Crippen LogP contribution in [-0.4, -0.2) is 11.0 Å². The van der Waals surface area contributed by atoms with Crippen LogP contribution in [0.2, 0.25) is 5.02 Å². The highest BCUT2D eigenvalue weighted by molar-refractivity contribution is 7.80. The fraction of sp³-hybridized carbons (Fsp3) is 0.0667. The van der Waals surface area contributed by atoms with Gasteiger partial charge >= 0.3 is 0 Å². The van der Waals surface area contributed by atoms with Crippen molar-refractivity contribution < 1.29 is 9.21 Å². The van der Waals surface area contributed by atoms with Crippen molar-refractivity contribution in [1.82, 2.24) is 5.32 Å². The first-order chi connectivity index (χ1) is 9.97. The highest BCUT2D eigenvalue weighted by atomic mass is 35.5. The second-order valence-corrected chi connectivity index (χ2v) is 5.15. The number of nitrogens with two attached hydrogens (primary N) is 1. The van der Waals surface area contributed by atoms with Crippen molar-refractivity contribution in [3.63, 3.8) is 0 Å². The van der Waals surface area contributed by atoms with Gasteiger partial charge in [-0.1, -0.05) is 23.7 Å². The Kier molecular flexibility index (Phi) is 4.77. The summed E-state index contributed by atoms with van der Waals surface area (Å²) in [6, 6.07) is 9.19. The maximum Gasteiger partial charge on any atom is 0.250 e. The third-order valence-corrected chi connectivity index (χ3v) is 3.32. The van der Waals surface area contributed by atoms with E-state index >= 15 is 0 Å². The first-order valence-electron chi connectivity index (χ1n) is 6.11. The largest absolute Gasteiger partial charge is 0.457 e. The molecule has 0 radical (unpaired) electrons. The molecule has 0 unspecified atom stereocenters. The highest BCUT2D eigenvalue weighted by Gasteiger charge is 2.08. The molecule has 6 heteroatoms. The van der Waals surface area contributed by atoms with Crippen molar-refractivity contribution in [2.45, 2.75) is 6.92 Å². The summed E-state index contributed by atoms with van der Waals surface area (Å²) in [4.78, 5) is 11.4. The van der Waals surface area contributed by atoms with Crippen LogP contribution in [0.1, 0.15) is 11.3 Å². The van der Waals surface area contributed by atoms with E-state index in [1.54, 1.807) is 6.07 Å². The van der Waals surface area contributed by atoms with Crippen LogP contribution in [0.4, 0.5) is 0 Å². The minimum absolute atomic E-state index is 0.0701. The Bertz CT molecular complexity index is 722. The average Bonchev–Trinajstić information content (AvgIpc) is 2.87. The number of nitrogens with one attached hydrogen (secondary N) is 1. The van der Waals surface area contributed by atoms with Gasteiger partial charge < -0.3 is 10.2 Å². The monoisotopic (exact) mass is 320 g/mol. The lowest BCUT2D eigenvalue weighted by atomic mass is 10.1. The Hall–Kier alpha value is -2.11. The molecule has 0 fully saturated rings. The molecule has 21 heavy (non-hydrogen) atoms. The number of hydrogen-bond acceptors (Lipinski definition) is 3. The lowest BCUT2D eigenvalue weighted by molar-refractivity contribution is -0.115. The Morgan fingerprint density at radius 3 is 2.86 bits per heavy atom. The molecule has 0 aliphatic carbocycles. The fourth-order valence-electron chi connectivity index (χ4n) is 1.78. The van der Waals surface area contributed by atoms with Crippen LogP contribution in [0.5, 0.6) is 0 Å². The van der Waals surface area contributed by atoms with Gasteiger partial charge in [0.05, 0.1) is 0 Å². The molecule has 2 rings (SSSR count). The Labute approximate surface area is 132 Å². The zero-order valence-corrected chi connectivity index (χ0v) is 12.8. The molecule has 0 spiro atoms. The third kappa shape index (κ3) is 3.93. The minimum atomic E-state index is -0.403. The van der Waals surface area contributed by atoms with Gasteiger partial charge in [0.2, 0.25) is 5.91 Å². The first kappa shape index (κ1) is 15.3. The molecule has 4 nitrogen and oxygen atoms in total. The number of furan rings is 1. The van der Waals surface area contributed by atoms with Crippen molar-refractivity contribution in [2.24, 2.45) is 5.73 Å². The highest BCUT2D eigenvalue weighted by Crippen LogP contribution is 2.29. The molecule has 0 atom stereocenters. The molecule has 1 amide bonds. The fourth-order valence-corrected chi connectivity index (χ4v) is 2.06. The van der Waals surface area contributed by atoms with E-state index in [2.05, 4.69) is 17.5 Å². The van der Waals surface area contributed by atoms with Gasteiger partial charge in [-0.25, -0.2) is 0 Å². The van der Waals surface area contributed by atoms with Gasteiger partial charge in [0.25, 0.3) is 0 Å². The number of hydrogen-bond donors (Lipinski definition) is 2. The van der Waals surface area contributed by atoms with Crippen LogP contribution in [0.25, 0.3) is 17.4 Å². The van der Waals surface area contributed by atoms with Crippen LogP contribution < -0.4 is 11.1 Å². The van der Waals surface area contributed by atoms with Crippen LogP contribution in [0.3, 0.4) is 0 Å². The maximum absolute atomic E-state index is 11.4. The summed E-state index contributed by atoms with van der Waals surface area (Å²) in [7, 11) is 0. The van der Waals surface area contributed by atoms with Crippen molar-refractivity contribution in [1.29, 1.82) is 0 Å². The molecule has 1 heterocycles. The summed E-state index contributed by atoms with van der Waals surface area (Å²) >= 11 is 10.7. The molecule has 1 aromatic carbocycles. The van der Waals surface area contributed by atoms with Gasteiger partial charge in [-0.2, -0.15) is 0 Å². The molecule has 3 N–H and O–H groups in total. The predicted molar refractivity (Wildman–Crippen MR) is 87.9 cm³/mol. The van der Waals surface area contributed by atoms with E-state index in [4.69, 9.17) is 21.8 Å². The quantitative estimate of drug-likeness (QED) is 0.672. The van der Waals surface area contributed by atoms with Gasteiger partial charge in [-0.3, -0.25) is 10.1 Å². The van der Waals surface area contributed by atoms with E-state index in [1.165, 1.54) is 12.2 Å². The van der Waals surface area contributed by atoms with Gasteiger partial charge in [0.1, 0.15) is 11.5 Å². The molecule has 0 bridgehead atoms. The minimum Gasteiger partial charge on any atom is -0.457 e. The summed E-state index contributed by atoms with van der Waals surface area (Å²) in [6.45, 7) is 1.92. The second kappa shape index (κ2) is 6.56. The van der Waals surface area contributed by atoms with Gasteiger partial charge in [0, 0.05) is 16.7 Å². The molecular formula is C15H13ClN2O2S. The normalized spacial score (nSPS) is 10.8. The van der Waals surface area contributed by atoms with Crippen molar-refractivity contribution in [2.75, 3.05) is 0 Å². The lowest BCUT2D eigenvalue weighted by Gasteiger charge is -2.03. The third-order valence-electron chi connectivity index (χ3n) is 2.81. The number of carbonyl (C=O) groups is 1. The molecule has 108 valence electrons. The lowest BCUT2D eigenvalue weighted by Crippen LogP contribution is -2.33.